The van der Waals surface area contributed by atoms with Gasteiger partial charge in [0.2, 0.25) is 5.91 Å². The van der Waals surface area contributed by atoms with Crippen LogP contribution in [0.2, 0.25) is 5.02 Å². The van der Waals surface area contributed by atoms with E-state index in [9.17, 15) is 14.7 Å². The van der Waals surface area contributed by atoms with Gasteiger partial charge in [-0.2, -0.15) is 0 Å². The van der Waals surface area contributed by atoms with Gasteiger partial charge in [0, 0.05) is 22.4 Å². The number of fused-ring (bicyclic) bond motifs is 1. The zero-order valence-electron chi connectivity index (χ0n) is 19.4. The summed E-state index contributed by atoms with van der Waals surface area (Å²) in [7, 11) is 0. The largest absolute Gasteiger partial charge is 0.390 e. The van der Waals surface area contributed by atoms with Gasteiger partial charge in [0.05, 0.1) is 22.4 Å². The number of rotatable bonds is 4. The lowest BCUT2D eigenvalue weighted by atomic mass is 9.47. The van der Waals surface area contributed by atoms with Crippen molar-refractivity contribution < 1.29 is 14.7 Å². The zero-order chi connectivity index (χ0) is 24.2. The fourth-order valence-corrected chi connectivity index (χ4v) is 7.45. The molecule has 4 bridgehead atoms. The normalized spacial score (nSPS) is 28.7. The quantitative estimate of drug-likeness (QED) is 0.448. The predicted molar refractivity (Wildman–Crippen MR) is 134 cm³/mol. The van der Waals surface area contributed by atoms with Gasteiger partial charge in [0.15, 0.2) is 0 Å². The molecule has 7 heteroatoms. The van der Waals surface area contributed by atoms with Gasteiger partial charge in [-0.15, -0.1) is 0 Å². The van der Waals surface area contributed by atoms with Gasteiger partial charge in [-0.1, -0.05) is 41.9 Å². The Labute approximate surface area is 209 Å². The van der Waals surface area contributed by atoms with Crippen molar-refractivity contribution in [2.24, 2.45) is 17.3 Å². The fraction of sp³-hybridized carbons (Fsp3) is 0.393. The van der Waals surface area contributed by atoms with Crippen molar-refractivity contribution in [2.75, 3.05) is 0 Å². The highest BCUT2D eigenvalue weighted by Crippen LogP contribution is 2.62. The van der Waals surface area contributed by atoms with Gasteiger partial charge < -0.3 is 5.11 Å². The molecule has 3 N–H and O–H groups in total. The molecule has 4 saturated carbocycles. The molecule has 180 valence electrons. The number of benzene rings is 2. The van der Waals surface area contributed by atoms with Crippen LogP contribution in [0.25, 0.3) is 22.2 Å². The molecule has 1 aromatic heterocycles. The van der Waals surface area contributed by atoms with Gasteiger partial charge in [-0.3, -0.25) is 20.4 Å². The summed E-state index contributed by atoms with van der Waals surface area (Å²) in [4.78, 5) is 30.8. The topological polar surface area (TPSA) is 91.3 Å². The van der Waals surface area contributed by atoms with Crippen molar-refractivity contribution in [1.82, 2.24) is 15.8 Å². The monoisotopic (exact) mass is 489 g/mol. The Kier molecular flexibility index (Phi) is 5.35. The molecule has 2 amide bonds. The zero-order valence-corrected chi connectivity index (χ0v) is 20.1. The smallest absolute Gasteiger partial charge is 0.270 e. The van der Waals surface area contributed by atoms with E-state index in [0.717, 1.165) is 31.2 Å². The molecule has 2 atom stereocenters. The maximum atomic E-state index is 13.2. The maximum Gasteiger partial charge on any atom is 0.270 e. The van der Waals surface area contributed by atoms with Crippen molar-refractivity contribution in [1.29, 1.82) is 0 Å². The number of nitrogens with zero attached hydrogens (tertiary/aromatic N) is 1. The lowest BCUT2D eigenvalue weighted by molar-refractivity contribution is -0.169. The third-order valence-electron chi connectivity index (χ3n) is 8.10. The number of nitrogens with one attached hydrogen (secondary N) is 2. The van der Waals surface area contributed by atoms with Crippen LogP contribution in [0.5, 0.6) is 0 Å². The Morgan fingerprint density at radius 1 is 1.00 bits per heavy atom. The van der Waals surface area contributed by atoms with Crippen LogP contribution >= 0.6 is 11.6 Å². The number of hydrogen-bond donors (Lipinski definition) is 3. The number of aromatic nitrogens is 1. The summed E-state index contributed by atoms with van der Waals surface area (Å²) in [6.07, 6.45) is 5.92. The molecule has 0 spiro atoms. The molecular weight excluding hydrogens is 462 g/mol. The van der Waals surface area contributed by atoms with Crippen molar-refractivity contribution >= 4 is 34.3 Å². The number of para-hydroxylation sites is 1. The summed E-state index contributed by atoms with van der Waals surface area (Å²) in [5, 5.41) is 12.3. The van der Waals surface area contributed by atoms with Crippen LogP contribution in [0, 0.1) is 17.3 Å². The van der Waals surface area contributed by atoms with E-state index in [2.05, 4.69) is 10.9 Å². The molecule has 0 aliphatic heterocycles. The first-order chi connectivity index (χ1) is 16.8. The number of hydrogen-bond acceptors (Lipinski definition) is 4. The summed E-state index contributed by atoms with van der Waals surface area (Å²) >= 11 is 6.03. The molecule has 2 unspecified atom stereocenters. The minimum Gasteiger partial charge on any atom is -0.390 e. The molecule has 7 rings (SSSR count). The Morgan fingerprint density at radius 3 is 2.43 bits per heavy atom. The van der Waals surface area contributed by atoms with Crippen LogP contribution in [0.3, 0.4) is 0 Å². The molecule has 4 fully saturated rings. The highest BCUT2D eigenvalue weighted by Gasteiger charge is 2.57. The average Bonchev–Trinajstić information content (AvgIpc) is 2.80. The summed E-state index contributed by atoms with van der Waals surface area (Å²) in [5.74, 6) is 0.424. The standard InChI is InChI=1S/C28H28ClN3O3/c29-20-7-5-19(6-8-20)24-10-22(21-3-1-2-4-23(21)30-24)26(34)32-31-25(33)15-27-11-17-9-18(12-27)14-28(35,13-17)16-27/h1-8,10,17-18,35H,9,11-16H2,(H,31,33)(H,32,34). The van der Waals surface area contributed by atoms with Crippen molar-refractivity contribution in [3.63, 3.8) is 0 Å². The van der Waals surface area contributed by atoms with E-state index in [1.165, 1.54) is 6.42 Å². The lowest BCUT2D eigenvalue weighted by Gasteiger charge is -2.60. The Hall–Kier alpha value is -2.96. The Morgan fingerprint density at radius 2 is 1.71 bits per heavy atom. The molecule has 0 radical (unpaired) electrons. The molecule has 2 aromatic carbocycles. The van der Waals surface area contributed by atoms with E-state index < -0.39 is 11.5 Å². The molecule has 1 heterocycles. The number of carbonyl (C=O) groups is 2. The number of pyridine rings is 1. The number of carbonyl (C=O) groups excluding carboxylic acids is 2. The Balaban J connectivity index is 1.20. The molecule has 6 nitrogen and oxygen atoms in total. The number of aliphatic hydroxyl groups is 1. The summed E-state index contributed by atoms with van der Waals surface area (Å²) < 4.78 is 0. The predicted octanol–water partition coefficient (Wildman–Crippen LogP) is 5.04. The third-order valence-corrected chi connectivity index (χ3v) is 8.36. The van der Waals surface area contributed by atoms with Crippen molar-refractivity contribution in [2.45, 2.75) is 50.5 Å². The van der Waals surface area contributed by atoms with Gasteiger partial charge in [0.1, 0.15) is 0 Å². The van der Waals surface area contributed by atoms with Crippen molar-refractivity contribution in [3.05, 3.63) is 65.2 Å². The number of amides is 2. The maximum absolute atomic E-state index is 13.2. The Bertz CT molecular complexity index is 1310. The van der Waals surface area contributed by atoms with Crippen LogP contribution in [-0.2, 0) is 4.79 Å². The minimum atomic E-state index is -0.609. The van der Waals surface area contributed by atoms with Crippen LogP contribution < -0.4 is 10.9 Å². The number of halogens is 1. The van der Waals surface area contributed by atoms with Crippen molar-refractivity contribution in [3.8, 4) is 11.3 Å². The first kappa shape index (κ1) is 22.5. The first-order valence-corrected chi connectivity index (χ1v) is 12.7. The SMILES string of the molecule is O=C(CC12CC3CC(CC(O)(C3)C1)C2)NNC(=O)c1cc(-c2ccc(Cl)cc2)nc2ccccc12. The second-order valence-corrected chi connectivity index (χ2v) is 11.4. The van der Waals surface area contributed by atoms with E-state index in [0.29, 0.717) is 51.9 Å². The highest BCUT2D eigenvalue weighted by molar-refractivity contribution is 6.30. The molecule has 3 aromatic rings. The number of hydrazine groups is 1. The van der Waals surface area contributed by atoms with E-state index >= 15 is 0 Å². The third kappa shape index (κ3) is 4.30. The lowest BCUT2D eigenvalue weighted by Crippen LogP contribution is -2.57. The summed E-state index contributed by atoms with van der Waals surface area (Å²) in [5.41, 5.74) is 7.12. The van der Waals surface area contributed by atoms with Gasteiger partial charge >= 0.3 is 0 Å². The second kappa shape index (κ2) is 8.32. The molecule has 0 saturated heterocycles. The van der Waals surface area contributed by atoms with Crippen LogP contribution in [0.4, 0.5) is 0 Å². The highest BCUT2D eigenvalue weighted by atomic mass is 35.5. The van der Waals surface area contributed by atoms with Gasteiger partial charge in [-0.25, -0.2) is 4.98 Å². The van der Waals surface area contributed by atoms with Gasteiger partial charge in [-0.05, 0) is 80.0 Å². The fourth-order valence-electron chi connectivity index (χ4n) is 7.32. The molecule has 4 aliphatic carbocycles. The first-order valence-electron chi connectivity index (χ1n) is 12.3. The van der Waals surface area contributed by atoms with Crippen LogP contribution in [0.15, 0.2) is 54.6 Å². The van der Waals surface area contributed by atoms with Crippen LogP contribution in [0.1, 0.15) is 55.3 Å². The van der Waals surface area contributed by atoms with E-state index in [4.69, 9.17) is 16.6 Å². The van der Waals surface area contributed by atoms with Crippen LogP contribution in [-0.4, -0.2) is 27.5 Å². The van der Waals surface area contributed by atoms with E-state index in [1.807, 2.05) is 36.4 Å². The van der Waals surface area contributed by atoms with E-state index in [-0.39, 0.29) is 11.3 Å². The minimum absolute atomic E-state index is 0.154. The summed E-state index contributed by atoms with van der Waals surface area (Å²) in [6, 6.07) is 16.5. The second-order valence-electron chi connectivity index (χ2n) is 10.9. The molecule has 4 aliphatic rings. The van der Waals surface area contributed by atoms with E-state index in [1.54, 1.807) is 18.2 Å². The molecule has 35 heavy (non-hydrogen) atoms. The average molecular weight is 490 g/mol. The molecular formula is C28H28ClN3O3. The van der Waals surface area contributed by atoms with Gasteiger partial charge in [0.25, 0.3) is 5.91 Å². The summed E-state index contributed by atoms with van der Waals surface area (Å²) in [6.45, 7) is 0.